The van der Waals surface area contributed by atoms with Crippen molar-refractivity contribution < 1.29 is 33.2 Å². The van der Waals surface area contributed by atoms with Gasteiger partial charge in [-0.25, -0.2) is 0 Å². The Morgan fingerprint density at radius 1 is 0.578 bits per heavy atom. The maximum Gasteiger partial charge on any atom is 0.187 e. The average Bonchev–Trinajstić information content (AvgIpc) is 3.10. The molecular formula is C38H42O7. The fraction of sp³-hybridized carbons (Fsp3) is 0.316. The Hall–Kier alpha value is -3.82. The number of benzene rings is 4. The van der Waals surface area contributed by atoms with Crippen LogP contribution in [0, 0.1) is 0 Å². The zero-order valence-electron chi connectivity index (χ0n) is 25.7. The molecule has 1 heterocycles. The topological polar surface area (TPSA) is 64.6 Å². The molecule has 7 nitrogen and oxygen atoms in total. The van der Waals surface area contributed by atoms with Crippen LogP contribution in [-0.2, 0) is 54.8 Å². The van der Waals surface area contributed by atoms with Crippen molar-refractivity contribution in [2.75, 3.05) is 20.3 Å². The van der Waals surface area contributed by atoms with E-state index in [9.17, 15) is 0 Å². The van der Waals surface area contributed by atoms with Crippen LogP contribution in [0.3, 0.4) is 0 Å². The molecule has 0 aliphatic carbocycles. The Morgan fingerprint density at radius 2 is 1.07 bits per heavy atom. The Labute approximate surface area is 266 Å². The van der Waals surface area contributed by atoms with E-state index in [1.807, 2.05) is 115 Å². The molecule has 0 spiro atoms. The predicted octanol–water partition coefficient (Wildman–Crippen LogP) is 6.90. The summed E-state index contributed by atoms with van der Waals surface area (Å²) in [5.41, 5.74) is 4.14. The highest BCUT2D eigenvalue weighted by atomic mass is 16.7. The summed E-state index contributed by atoms with van der Waals surface area (Å²) in [4.78, 5) is 0. The largest absolute Gasteiger partial charge is 0.497 e. The van der Waals surface area contributed by atoms with Gasteiger partial charge in [0, 0.05) is 0 Å². The molecule has 1 fully saturated rings. The molecule has 1 aliphatic heterocycles. The third kappa shape index (κ3) is 9.83. The first-order valence-corrected chi connectivity index (χ1v) is 15.3. The molecule has 0 bridgehead atoms. The highest BCUT2D eigenvalue weighted by molar-refractivity contribution is 5.26. The molecule has 7 heteroatoms. The summed E-state index contributed by atoms with van der Waals surface area (Å²) in [6.45, 7) is 5.89. The molecule has 0 amide bonds. The second kappa shape index (κ2) is 17.6. The molecule has 0 aromatic heterocycles. The first-order chi connectivity index (χ1) is 22.2. The molecule has 1 saturated heterocycles. The van der Waals surface area contributed by atoms with E-state index in [0.29, 0.717) is 26.4 Å². The summed E-state index contributed by atoms with van der Waals surface area (Å²) in [6, 6.07) is 38.0. The van der Waals surface area contributed by atoms with E-state index in [0.717, 1.165) is 28.0 Å². The maximum atomic E-state index is 6.70. The van der Waals surface area contributed by atoms with Gasteiger partial charge in [-0.05, 0) is 34.4 Å². The highest BCUT2D eigenvalue weighted by Crippen LogP contribution is 2.32. The number of rotatable bonds is 17. The van der Waals surface area contributed by atoms with E-state index in [-0.39, 0.29) is 13.2 Å². The Balaban J connectivity index is 1.42. The van der Waals surface area contributed by atoms with Gasteiger partial charge in [-0.15, -0.1) is 6.58 Å². The van der Waals surface area contributed by atoms with Gasteiger partial charge in [0.25, 0.3) is 0 Å². The molecule has 1 unspecified atom stereocenters. The van der Waals surface area contributed by atoms with Crippen molar-refractivity contribution in [1.29, 1.82) is 0 Å². The van der Waals surface area contributed by atoms with Crippen molar-refractivity contribution in [3.8, 4) is 5.75 Å². The summed E-state index contributed by atoms with van der Waals surface area (Å²) < 4.78 is 44.3. The van der Waals surface area contributed by atoms with Gasteiger partial charge in [-0.1, -0.05) is 109 Å². The quantitative estimate of drug-likeness (QED) is 0.121. The van der Waals surface area contributed by atoms with E-state index in [2.05, 4.69) is 6.58 Å². The van der Waals surface area contributed by atoms with Gasteiger partial charge in [0.1, 0.15) is 30.2 Å². The number of hydrogen-bond donors (Lipinski definition) is 0. The van der Waals surface area contributed by atoms with Crippen LogP contribution in [0.4, 0.5) is 0 Å². The second-order valence-electron chi connectivity index (χ2n) is 10.8. The Kier molecular flexibility index (Phi) is 12.7. The van der Waals surface area contributed by atoms with E-state index in [4.69, 9.17) is 33.2 Å². The molecule has 0 N–H and O–H groups in total. The maximum absolute atomic E-state index is 6.70. The van der Waals surface area contributed by atoms with Crippen LogP contribution in [0.1, 0.15) is 22.3 Å². The zero-order chi connectivity index (χ0) is 31.1. The Morgan fingerprint density at radius 3 is 1.60 bits per heavy atom. The summed E-state index contributed by atoms with van der Waals surface area (Å²) in [5.74, 6) is 0.785. The van der Waals surface area contributed by atoms with Gasteiger partial charge in [0.05, 0.1) is 46.8 Å². The lowest BCUT2D eigenvalue weighted by molar-refractivity contribution is -0.326. The molecular weight excluding hydrogens is 568 g/mol. The van der Waals surface area contributed by atoms with Crippen LogP contribution in [0.25, 0.3) is 0 Å². The predicted molar refractivity (Wildman–Crippen MR) is 173 cm³/mol. The lowest BCUT2D eigenvalue weighted by atomic mass is 9.97. The van der Waals surface area contributed by atoms with Crippen LogP contribution in [0.15, 0.2) is 128 Å². The van der Waals surface area contributed by atoms with Gasteiger partial charge in [0.15, 0.2) is 6.29 Å². The van der Waals surface area contributed by atoms with Crippen molar-refractivity contribution in [2.45, 2.75) is 57.1 Å². The molecule has 5 rings (SSSR count). The SMILES string of the molecule is C=CCOC1O[C@H](COCc2ccccc2)[C@@H](OCc2ccc(OC)cc2)[C@H](OCc2ccccc2)[C@H]1OCc1ccccc1. The molecule has 236 valence electrons. The number of hydrogen-bond acceptors (Lipinski definition) is 7. The normalized spacial score (nSPS) is 21.3. The van der Waals surface area contributed by atoms with Crippen LogP contribution >= 0.6 is 0 Å². The first-order valence-electron chi connectivity index (χ1n) is 15.3. The van der Waals surface area contributed by atoms with Gasteiger partial charge >= 0.3 is 0 Å². The number of ether oxygens (including phenoxy) is 7. The first kappa shape index (κ1) is 32.6. The van der Waals surface area contributed by atoms with Gasteiger partial charge in [0.2, 0.25) is 0 Å². The van der Waals surface area contributed by atoms with E-state index in [1.54, 1.807) is 13.2 Å². The van der Waals surface area contributed by atoms with Crippen LogP contribution in [-0.4, -0.2) is 51.0 Å². The minimum Gasteiger partial charge on any atom is -0.497 e. The minimum atomic E-state index is -0.737. The fourth-order valence-corrected chi connectivity index (χ4v) is 5.19. The minimum absolute atomic E-state index is 0.271. The van der Waals surface area contributed by atoms with Crippen LogP contribution < -0.4 is 4.74 Å². The van der Waals surface area contributed by atoms with Crippen LogP contribution in [0.5, 0.6) is 5.75 Å². The fourth-order valence-electron chi connectivity index (χ4n) is 5.19. The molecule has 4 aromatic carbocycles. The zero-order valence-corrected chi connectivity index (χ0v) is 25.7. The van der Waals surface area contributed by atoms with Crippen molar-refractivity contribution in [3.63, 3.8) is 0 Å². The van der Waals surface area contributed by atoms with E-state index < -0.39 is 30.7 Å². The van der Waals surface area contributed by atoms with Crippen molar-refractivity contribution in [3.05, 3.63) is 150 Å². The lowest BCUT2D eigenvalue weighted by Gasteiger charge is -2.45. The third-order valence-corrected chi connectivity index (χ3v) is 7.54. The smallest absolute Gasteiger partial charge is 0.187 e. The second-order valence-corrected chi connectivity index (χ2v) is 10.8. The highest BCUT2D eigenvalue weighted by Gasteiger charge is 2.49. The van der Waals surface area contributed by atoms with E-state index >= 15 is 0 Å². The molecule has 5 atom stereocenters. The van der Waals surface area contributed by atoms with E-state index in [1.165, 1.54) is 0 Å². The summed E-state index contributed by atoms with van der Waals surface area (Å²) >= 11 is 0. The molecule has 45 heavy (non-hydrogen) atoms. The summed E-state index contributed by atoms with van der Waals surface area (Å²) in [7, 11) is 1.65. The molecule has 0 saturated carbocycles. The molecule has 0 radical (unpaired) electrons. The van der Waals surface area contributed by atoms with Gasteiger partial charge in [-0.3, -0.25) is 0 Å². The third-order valence-electron chi connectivity index (χ3n) is 7.54. The monoisotopic (exact) mass is 610 g/mol. The molecule has 1 aliphatic rings. The van der Waals surface area contributed by atoms with Gasteiger partial charge in [-0.2, -0.15) is 0 Å². The van der Waals surface area contributed by atoms with Crippen LogP contribution in [0.2, 0.25) is 0 Å². The Bertz CT molecular complexity index is 1380. The van der Waals surface area contributed by atoms with Crippen molar-refractivity contribution in [1.82, 2.24) is 0 Å². The summed E-state index contributed by atoms with van der Waals surface area (Å²) in [5, 5.41) is 0. The standard InChI is InChI=1S/C38H42O7/c1-3-23-41-38-37(44-26-31-17-11-6-12-18-31)36(43-25-30-15-9-5-10-16-30)35(42-27-32-19-21-33(39-2)22-20-32)34(45-38)28-40-24-29-13-7-4-8-14-29/h3-22,34-38H,1,23-28H2,2H3/t34-,35-,36+,37-,38?/m1/s1. The van der Waals surface area contributed by atoms with Gasteiger partial charge < -0.3 is 33.2 Å². The summed E-state index contributed by atoms with van der Waals surface area (Å²) in [6.07, 6.45) is -1.21. The van der Waals surface area contributed by atoms with Crippen molar-refractivity contribution >= 4 is 0 Å². The lowest BCUT2D eigenvalue weighted by Crippen LogP contribution is -2.61. The number of methoxy groups -OCH3 is 1. The molecule has 4 aromatic rings. The average molecular weight is 611 g/mol. The van der Waals surface area contributed by atoms with Crippen molar-refractivity contribution in [2.24, 2.45) is 0 Å².